The number of carbonyl (C=O) groups excluding carboxylic acids is 1. The van der Waals surface area contributed by atoms with Gasteiger partial charge in [-0.3, -0.25) is 4.79 Å². The first-order chi connectivity index (χ1) is 14.1. The number of ether oxygens (including phenoxy) is 1. The predicted octanol–water partition coefficient (Wildman–Crippen LogP) is 0.347. The van der Waals surface area contributed by atoms with E-state index < -0.39 is 0 Å². The molecule has 4 rings (SSSR count). The molecule has 2 N–H and O–H groups in total. The summed E-state index contributed by atoms with van der Waals surface area (Å²) >= 11 is 0. The van der Waals surface area contributed by atoms with Crippen LogP contribution in [0, 0.1) is 0 Å². The Morgan fingerprint density at radius 1 is 1.03 bits per heavy atom. The molecule has 5 nitrogen and oxygen atoms in total. The molecule has 0 radical (unpaired) electrons. The van der Waals surface area contributed by atoms with Crippen molar-refractivity contribution < 1.29 is 19.3 Å². The van der Waals surface area contributed by atoms with Crippen molar-refractivity contribution in [2.45, 2.75) is 32.9 Å². The molecule has 2 aliphatic heterocycles. The summed E-state index contributed by atoms with van der Waals surface area (Å²) in [5.74, 6) is 1.29. The Morgan fingerprint density at radius 3 is 2.48 bits per heavy atom. The molecule has 0 spiro atoms. The van der Waals surface area contributed by atoms with Crippen molar-refractivity contribution in [2.75, 3.05) is 44.2 Å². The number of amides is 1. The molecule has 5 heteroatoms. The number of benzene rings is 2. The molecule has 154 valence electrons. The monoisotopic (exact) mass is 395 g/mol. The van der Waals surface area contributed by atoms with Crippen molar-refractivity contribution in [2.24, 2.45) is 0 Å². The molecule has 0 aromatic heterocycles. The molecule has 0 bridgehead atoms. The van der Waals surface area contributed by atoms with Crippen molar-refractivity contribution in [1.29, 1.82) is 0 Å². The van der Waals surface area contributed by atoms with Gasteiger partial charge in [0.2, 0.25) is 0 Å². The molecule has 2 heterocycles. The van der Waals surface area contributed by atoms with Gasteiger partial charge in [0.25, 0.3) is 5.91 Å². The smallest absolute Gasteiger partial charge is 0.282 e. The van der Waals surface area contributed by atoms with Crippen molar-refractivity contribution in [3.8, 4) is 5.75 Å². The zero-order valence-electron chi connectivity index (χ0n) is 17.6. The van der Waals surface area contributed by atoms with Crippen molar-refractivity contribution >= 4 is 11.6 Å². The summed E-state index contributed by atoms with van der Waals surface area (Å²) in [7, 11) is 0. The van der Waals surface area contributed by atoms with Crippen molar-refractivity contribution in [1.82, 2.24) is 0 Å². The van der Waals surface area contributed by atoms with Gasteiger partial charge in [-0.05, 0) is 49.7 Å². The zero-order chi connectivity index (χ0) is 20.2. The lowest BCUT2D eigenvalue weighted by molar-refractivity contribution is -1.02. The number of hydrogen-bond acceptors (Lipinski definition) is 2. The number of para-hydroxylation sites is 1. The number of quaternary nitrogens is 2. The summed E-state index contributed by atoms with van der Waals surface area (Å²) in [6.45, 7) is 11.0. The van der Waals surface area contributed by atoms with E-state index in [1.54, 1.807) is 4.90 Å². The van der Waals surface area contributed by atoms with Gasteiger partial charge in [-0.2, -0.15) is 0 Å². The zero-order valence-corrected chi connectivity index (χ0v) is 17.6. The van der Waals surface area contributed by atoms with E-state index >= 15 is 0 Å². The third-order valence-electron chi connectivity index (χ3n) is 6.09. The highest BCUT2D eigenvalue weighted by Gasteiger charge is 2.28. The van der Waals surface area contributed by atoms with Crippen molar-refractivity contribution in [3.63, 3.8) is 0 Å². The molecule has 0 unspecified atom stereocenters. The fraction of sp³-hybridized carbons (Fsp3) is 0.458. The van der Waals surface area contributed by atoms with Gasteiger partial charge >= 0.3 is 0 Å². The minimum atomic E-state index is 0.167. The van der Waals surface area contributed by atoms with E-state index in [2.05, 4.69) is 32.0 Å². The summed E-state index contributed by atoms with van der Waals surface area (Å²) in [5, 5.41) is 0. The lowest BCUT2D eigenvalue weighted by Crippen LogP contribution is -3.28. The lowest BCUT2D eigenvalue weighted by Gasteiger charge is -2.32. The number of piperazine rings is 1. The minimum Gasteiger partial charge on any atom is -0.493 e. The first-order valence-corrected chi connectivity index (χ1v) is 10.9. The Balaban J connectivity index is 1.29. The van der Waals surface area contributed by atoms with Gasteiger partial charge in [-0.15, -0.1) is 0 Å². The Morgan fingerprint density at radius 2 is 1.76 bits per heavy atom. The van der Waals surface area contributed by atoms with Crippen LogP contribution in [0.15, 0.2) is 48.5 Å². The van der Waals surface area contributed by atoms with Crippen LogP contribution in [0.3, 0.4) is 0 Å². The van der Waals surface area contributed by atoms with E-state index in [0.29, 0.717) is 6.54 Å². The second-order valence-electron chi connectivity index (χ2n) is 8.59. The topological polar surface area (TPSA) is 38.4 Å². The first kappa shape index (κ1) is 19.9. The summed E-state index contributed by atoms with van der Waals surface area (Å²) in [4.78, 5) is 18.0. The van der Waals surface area contributed by atoms with Gasteiger partial charge in [-0.25, -0.2) is 0 Å². The molecule has 0 saturated carbocycles. The molecule has 1 amide bonds. The fourth-order valence-electron chi connectivity index (χ4n) is 4.57. The van der Waals surface area contributed by atoms with Crippen molar-refractivity contribution in [3.05, 3.63) is 59.7 Å². The highest BCUT2D eigenvalue weighted by molar-refractivity contribution is 5.94. The van der Waals surface area contributed by atoms with Gasteiger partial charge < -0.3 is 19.4 Å². The second-order valence-corrected chi connectivity index (χ2v) is 8.59. The SMILES string of the molecule is CC(C)N(C(=O)C[NH+]1CC[NH+](Cc2ccc3c(c2)CCO3)CC1)c1ccccc1. The Kier molecular flexibility index (Phi) is 6.16. The van der Waals surface area contributed by atoms with E-state index in [4.69, 9.17) is 4.74 Å². The summed E-state index contributed by atoms with van der Waals surface area (Å²) in [6, 6.07) is 16.9. The van der Waals surface area contributed by atoms with Crippen LogP contribution >= 0.6 is 0 Å². The molecule has 2 aliphatic rings. The molecular formula is C24H33N3O2+2. The molecular weight excluding hydrogens is 362 g/mol. The highest BCUT2D eigenvalue weighted by Crippen LogP contribution is 2.25. The van der Waals surface area contributed by atoms with Gasteiger partial charge in [0, 0.05) is 23.7 Å². The average Bonchev–Trinajstić information content (AvgIpc) is 3.18. The maximum Gasteiger partial charge on any atom is 0.282 e. The maximum absolute atomic E-state index is 13.0. The largest absolute Gasteiger partial charge is 0.493 e. The van der Waals surface area contributed by atoms with Crippen LogP contribution < -0.4 is 19.4 Å². The van der Waals surface area contributed by atoms with Gasteiger partial charge in [0.1, 0.15) is 38.5 Å². The molecule has 2 aromatic rings. The third-order valence-corrected chi connectivity index (χ3v) is 6.09. The van der Waals surface area contributed by atoms with E-state index in [0.717, 1.165) is 57.2 Å². The number of nitrogens with one attached hydrogen (secondary N) is 2. The van der Waals surface area contributed by atoms with Crippen LogP contribution in [0.1, 0.15) is 25.0 Å². The highest BCUT2D eigenvalue weighted by atomic mass is 16.5. The number of fused-ring (bicyclic) bond motifs is 1. The molecule has 2 aromatic carbocycles. The molecule has 29 heavy (non-hydrogen) atoms. The number of nitrogens with zero attached hydrogens (tertiary/aromatic N) is 1. The Bertz CT molecular complexity index is 829. The molecule has 1 fully saturated rings. The van der Waals surface area contributed by atoms with Gasteiger partial charge in [-0.1, -0.05) is 18.2 Å². The first-order valence-electron chi connectivity index (χ1n) is 10.9. The lowest BCUT2D eigenvalue weighted by atomic mass is 10.1. The van der Waals surface area contributed by atoms with Crippen LogP contribution in [0.2, 0.25) is 0 Å². The average molecular weight is 396 g/mol. The summed E-state index contributed by atoms with van der Waals surface area (Å²) in [5.41, 5.74) is 3.75. The van der Waals surface area contributed by atoms with E-state index in [9.17, 15) is 4.79 Å². The third kappa shape index (κ3) is 4.80. The van der Waals surface area contributed by atoms with E-state index in [1.807, 2.05) is 35.2 Å². The molecule has 0 atom stereocenters. The number of hydrogen-bond donors (Lipinski definition) is 2. The van der Waals surface area contributed by atoms with Crippen LogP contribution in [-0.2, 0) is 17.8 Å². The Labute approximate surface area is 173 Å². The second kappa shape index (κ2) is 8.97. The summed E-state index contributed by atoms with van der Waals surface area (Å²) in [6.07, 6.45) is 1.03. The van der Waals surface area contributed by atoms with Gasteiger partial charge in [0.05, 0.1) is 6.61 Å². The number of rotatable bonds is 6. The minimum absolute atomic E-state index is 0.167. The van der Waals surface area contributed by atoms with Gasteiger partial charge in [0.15, 0.2) is 6.54 Å². The Hall–Kier alpha value is -2.37. The molecule has 0 aliphatic carbocycles. The predicted molar refractivity (Wildman–Crippen MR) is 115 cm³/mol. The summed E-state index contributed by atoms with van der Waals surface area (Å²) < 4.78 is 5.62. The number of anilines is 1. The van der Waals surface area contributed by atoms with E-state index in [-0.39, 0.29) is 11.9 Å². The maximum atomic E-state index is 13.0. The quantitative estimate of drug-likeness (QED) is 0.741. The standard InChI is InChI=1S/C24H31N3O2/c1-19(2)27(22-6-4-3-5-7-22)24(28)18-26-13-11-25(12-14-26)17-20-8-9-23-21(16-20)10-15-29-23/h3-9,16,19H,10-15,17-18H2,1-2H3/p+2. The van der Waals surface area contributed by atoms with Crippen LogP contribution in [0.4, 0.5) is 5.69 Å². The van der Waals surface area contributed by atoms with E-state index in [1.165, 1.54) is 16.0 Å². The molecule has 1 saturated heterocycles. The fourth-order valence-corrected chi connectivity index (χ4v) is 4.57. The number of carbonyl (C=O) groups is 1. The van der Waals surface area contributed by atoms with Crippen LogP contribution in [0.5, 0.6) is 5.75 Å². The van der Waals surface area contributed by atoms with Crippen LogP contribution in [-0.4, -0.2) is 51.3 Å². The van der Waals surface area contributed by atoms with Crippen LogP contribution in [0.25, 0.3) is 0 Å². The normalized spacial score (nSPS) is 20.9.